The summed E-state index contributed by atoms with van der Waals surface area (Å²) < 4.78 is 11.7. The van der Waals surface area contributed by atoms with Crippen molar-refractivity contribution in [1.29, 1.82) is 0 Å². The fourth-order valence-corrected chi connectivity index (χ4v) is 9.04. The third-order valence-corrected chi connectivity index (χ3v) is 10.5. The number of rotatable bonds is 9. The van der Waals surface area contributed by atoms with E-state index in [1.165, 1.54) is 6.08 Å². The van der Waals surface area contributed by atoms with Gasteiger partial charge >= 0.3 is 5.97 Å². The predicted octanol–water partition coefficient (Wildman–Crippen LogP) is 5.32. The number of hydrogen-bond donors (Lipinski definition) is 0. The maximum Gasteiger partial charge on any atom is 0.330 e. The average Bonchev–Trinajstić information content (AvgIpc) is 2.37. The van der Waals surface area contributed by atoms with Crippen molar-refractivity contribution in [3.05, 3.63) is 12.2 Å². The molecule has 0 aliphatic heterocycles. The first-order valence-electron chi connectivity index (χ1n) is 8.62. The smallest absolute Gasteiger partial charge is 0.330 e. The van der Waals surface area contributed by atoms with Gasteiger partial charge in [-0.3, -0.25) is 0 Å². The van der Waals surface area contributed by atoms with Crippen LogP contribution >= 0.6 is 0 Å². The van der Waals surface area contributed by atoms with Gasteiger partial charge in [0.15, 0.2) is 0 Å². The van der Waals surface area contributed by atoms with Crippen LogP contribution in [0.5, 0.6) is 0 Å². The molecule has 3 nitrogen and oxygen atoms in total. The Morgan fingerprint density at radius 3 is 1.73 bits per heavy atom. The molecule has 0 heterocycles. The Bertz CT molecular complexity index is 338. The van der Waals surface area contributed by atoms with E-state index in [9.17, 15) is 4.79 Å². The standard InChI is InChI=1S/C18H36O3Si/c1-10-20-18(19)12-11-17(13(2)3)21-22(14(4)5,15(6)7)16(8)9/h11-17H,10H2,1-9H3/b12-11+/t17-/m0/s1. The minimum Gasteiger partial charge on any atom is -0.463 e. The summed E-state index contributed by atoms with van der Waals surface area (Å²) in [6.45, 7) is 20.2. The molecule has 130 valence electrons. The quantitative estimate of drug-likeness (QED) is 0.326. The Kier molecular flexibility index (Phi) is 9.24. The van der Waals surface area contributed by atoms with Crippen molar-refractivity contribution in [3.8, 4) is 0 Å². The van der Waals surface area contributed by atoms with Crippen LogP contribution < -0.4 is 0 Å². The van der Waals surface area contributed by atoms with Crippen molar-refractivity contribution in [2.24, 2.45) is 5.92 Å². The molecule has 0 bridgehead atoms. The summed E-state index contributed by atoms with van der Waals surface area (Å²) in [4.78, 5) is 11.6. The summed E-state index contributed by atoms with van der Waals surface area (Å²) in [7, 11) is -1.95. The molecule has 22 heavy (non-hydrogen) atoms. The molecule has 0 radical (unpaired) electrons. The van der Waals surface area contributed by atoms with Gasteiger partial charge in [0.2, 0.25) is 8.32 Å². The Morgan fingerprint density at radius 1 is 0.955 bits per heavy atom. The summed E-state index contributed by atoms with van der Waals surface area (Å²) >= 11 is 0. The highest BCUT2D eigenvalue weighted by Crippen LogP contribution is 2.43. The zero-order chi connectivity index (χ0) is 17.5. The average molecular weight is 329 g/mol. The van der Waals surface area contributed by atoms with Crippen LogP contribution in [0.3, 0.4) is 0 Å². The third kappa shape index (κ3) is 5.54. The third-order valence-electron chi connectivity index (χ3n) is 4.41. The first kappa shape index (κ1) is 21.4. The molecule has 0 rings (SSSR count). The van der Waals surface area contributed by atoms with Crippen LogP contribution in [0.25, 0.3) is 0 Å². The van der Waals surface area contributed by atoms with Gasteiger partial charge < -0.3 is 9.16 Å². The van der Waals surface area contributed by atoms with Gasteiger partial charge in [-0.05, 0) is 35.5 Å². The highest BCUT2D eigenvalue weighted by molar-refractivity contribution is 6.77. The van der Waals surface area contributed by atoms with Gasteiger partial charge in [0, 0.05) is 6.08 Å². The van der Waals surface area contributed by atoms with Crippen LogP contribution in [0.4, 0.5) is 0 Å². The number of carbonyl (C=O) groups is 1. The SMILES string of the molecule is CCOC(=O)/C=C/[C@H](O[Si](C(C)C)(C(C)C)C(C)C)C(C)C. The van der Waals surface area contributed by atoms with E-state index in [0.717, 1.165) is 0 Å². The summed E-state index contributed by atoms with van der Waals surface area (Å²) in [6.07, 6.45) is 3.37. The van der Waals surface area contributed by atoms with Gasteiger partial charge in [0.05, 0.1) is 12.7 Å². The molecule has 0 aromatic carbocycles. The first-order chi connectivity index (χ1) is 10.1. The number of ether oxygens (including phenoxy) is 1. The molecule has 0 saturated heterocycles. The minimum atomic E-state index is -1.95. The topological polar surface area (TPSA) is 35.5 Å². The number of carbonyl (C=O) groups excluding carboxylic acids is 1. The second-order valence-electron chi connectivity index (χ2n) is 7.26. The fraction of sp³-hybridized carbons (Fsp3) is 0.833. The molecule has 0 unspecified atom stereocenters. The molecular formula is C18H36O3Si. The van der Waals surface area contributed by atoms with E-state index in [0.29, 0.717) is 29.1 Å². The summed E-state index contributed by atoms with van der Waals surface area (Å²) in [6, 6.07) is 0. The number of hydrogen-bond acceptors (Lipinski definition) is 3. The second-order valence-corrected chi connectivity index (χ2v) is 12.7. The van der Waals surface area contributed by atoms with Gasteiger partial charge in [-0.2, -0.15) is 0 Å². The normalized spacial score (nSPS) is 14.6. The Hall–Kier alpha value is -0.613. The molecule has 0 aromatic heterocycles. The zero-order valence-electron chi connectivity index (χ0n) is 16.0. The van der Waals surface area contributed by atoms with E-state index >= 15 is 0 Å². The van der Waals surface area contributed by atoms with Gasteiger partial charge in [0.1, 0.15) is 0 Å². The second kappa shape index (κ2) is 9.51. The summed E-state index contributed by atoms with van der Waals surface area (Å²) in [5.41, 5.74) is 1.60. The lowest BCUT2D eigenvalue weighted by Gasteiger charge is -2.45. The molecule has 1 atom stereocenters. The molecule has 0 aromatic rings. The maximum absolute atomic E-state index is 11.6. The van der Waals surface area contributed by atoms with E-state index in [1.54, 1.807) is 0 Å². The lowest BCUT2D eigenvalue weighted by molar-refractivity contribution is -0.137. The predicted molar refractivity (Wildman–Crippen MR) is 96.5 cm³/mol. The molecule has 0 aliphatic carbocycles. The van der Waals surface area contributed by atoms with E-state index in [2.05, 4.69) is 55.4 Å². The lowest BCUT2D eigenvalue weighted by atomic mass is 10.1. The van der Waals surface area contributed by atoms with Crippen LogP contribution in [0.2, 0.25) is 16.6 Å². The van der Waals surface area contributed by atoms with Crippen LogP contribution in [0.1, 0.15) is 62.3 Å². The molecule has 0 N–H and O–H groups in total. The van der Waals surface area contributed by atoms with Crippen molar-refractivity contribution in [2.45, 2.75) is 85.0 Å². The maximum atomic E-state index is 11.6. The van der Waals surface area contributed by atoms with Crippen molar-refractivity contribution in [2.75, 3.05) is 6.61 Å². The van der Waals surface area contributed by atoms with Gasteiger partial charge in [-0.1, -0.05) is 55.4 Å². The summed E-state index contributed by atoms with van der Waals surface area (Å²) in [5, 5.41) is 0. The van der Waals surface area contributed by atoms with Crippen LogP contribution in [0.15, 0.2) is 12.2 Å². The van der Waals surface area contributed by atoms with Crippen LogP contribution in [-0.2, 0) is 14.0 Å². The minimum absolute atomic E-state index is 0.0386. The van der Waals surface area contributed by atoms with Crippen molar-refractivity contribution < 1.29 is 14.0 Å². The van der Waals surface area contributed by atoms with Gasteiger partial charge in [-0.25, -0.2) is 4.79 Å². The summed E-state index contributed by atoms with van der Waals surface area (Å²) in [5.74, 6) is 0.0384. The highest BCUT2D eigenvalue weighted by atomic mass is 28.4. The van der Waals surface area contributed by atoms with Crippen molar-refractivity contribution >= 4 is 14.3 Å². The number of esters is 1. The Balaban J connectivity index is 5.38. The molecule has 0 spiro atoms. The molecule has 0 fully saturated rings. The highest BCUT2D eigenvalue weighted by Gasteiger charge is 2.46. The Morgan fingerprint density at radius 2 is 1.41 bits per heavy atom. The van der Waals surface area contributed by atoms with Gasteiger partial charge in [-0.15, -0.1) is 0 Å². The monoisotopic (exact) mass is 328 g/mol. The van der Waals surface area contributed by atoms with Crippen molar-refractivity contribution in [3.63, 3.8) is 0 Å². The van der Waals surface area contributed by atoms with Crippen molar-refractivity contribution in [1.82, 2.24) is 0 Å². The fourth-order valence-electron chi connectivity index (χ4n) is 3.41. The zero-order valence-corrected chi connectivity index (χ0v) is 17.0. The largest absolute Gasteiger partial charge is 0.463 e. The van der Waals surface area contributed by atoms with E-state index in [4.69, 9.17) is 9.16 Å². The van der Waals surface area contributed by atoms with E-state index < -0.39 is 8.32 Å². The molecule has 0 aliphatic rings. The first-order valence-corrected chi connectivity index (χ1v) is 10.8. The molecule has 4 heteroatoms. The van der Waals surface area contributed by atoms with Crippen LogP contribution in [0, 0.1) is 5.92 Å². The Labute approximate surface area is 138 Å². The van der Waals surface area contributed by atoms with Gasteiger partial charge in [0.25, 0.3) is 0 Å². The molecule has 0 saturated carbocycles. The lowest BCUT2D eigenvalue weighted by Crippen LogP contribution is -2.50. The van der Waals surface area contributed by atoms with E-state index in [-0.39, 0.29) is 12.1 Å². The molecular weight excluding hydrogens is 292 g/mol. The van der Waals surface area contributed by atoms with Crippen LogP contribution in [-0.4, -0.2) is 27.0 Å². The molecule has 0 amide bonds. The van der Waals surface area contributed by atoms with E-state index in [1.807, 2.05) is 13.0 Å².